The van der Waals surface area contributed by atoms with Gasteiger partial charge in [-0.05, 0) is 5.41 Å². The number of hydrogen-bond acceptors (Lipinski definition) is 1. The molecule has 0 atom stereocenters. The van der Waals surface area contributed by atoms with Crippen molar-refractivity contribution in [1.29, 1.82) is 0 Å². The topological polar surface area (TPSA) is 16.8 Å². The van der Waals surface area contributed by atoms with Crippen LogP contribution in [0, 0.1) is 0 Å². The van der Waals surface area contributed by atoms with E-state index in [-0.39, 0.29) is 5.41 Å². The van der Waals surface area contributed by atoms with Gasteiger partial charge in [-0.3, -0.25) is 0 Å². The molecular formula is C9H15N2+. The maximum Gasteiger partial charge on any atom is 0.285 e. The molecule has 1 aromatic heterocycles. The van der Waals surface area contributed by atoms with Crippen LogP contribution in [0.3, 0.4) is 0 Å². The lowest BCUT2D eigenvalue weighted by molar-refractivity contribution is -0.675. The average molecular weight is 151 g/mol. The molecule has 0 aromatic carbocycles. The second-order valence-electron chi connectivity index (χ2n) is 3.89. The summed E-state index contributed by atoms with van der Waals surface area (Å²) in [7, 11) is 1.99. The highest BCUT2D eigenvalue weighted by Crippen LogP contribution is 2.18. The van der Waals surface area contributed by atoms with Crippen molar-refractivity contribution < 1.29 is 4.57 Å². The van der Waals surface area contributed by atoms with Crippen molar-refractivity contribution in [2.45, 2.75) is 26.2 Å². The van der Waals surface area contributed by atoms with Crippen molar-refractivity contribution in [2.75, 3.05) is 0 Å². The lowest BCUT2D eigenvalue weighted by atomic mass is 9.89. The van der Waals surface area contributed by atoms with Crippen molar-refractivity contribution in [3.8, 4) is 0 Å². The summed E-state index contributed by atoms with van der Waals surface area (Å²) in [6, 6.07) is 0. The molecule has 1 aromatic rings. The number of nitrogens with zero attached hydrogens (tertiary/aromatic N) is 2. The number of aryl methyl sites for hydroxylation is 1. The number of hydrogen-bond donors (Lipinski definition) is 0. The molecule has 1 rings (SSSR count). The Morgan fingerprint density at radius 2 is 2.00 bits per heavy atom. The first-order valence-electron chi connectivity index (χ1n) is 3.81. The van der Waals surface area contributed by atoms with Gasteiger partial charge in [-0.25, -0.2) is 4.57 Å². The Morgan fingerprint density at radius 3 is 2.36 bits per heavy atom. The summed E-state index contributed by atoms with van der Waals surface area (Å²) >= 11 is 0. The minimum Gasteiger partial charge on any atom is -0.240 e. The number of rotatable bonds is 0. The summed E-state index contributed by atoms with van der Waals surface area (Å²) in [4.78, 5) is 4.11. The lowest BCUT2D eigenvalue weighted by Crippen LogP contribution is -2.30. The van der Waals surface area contributed by atoms with Gasteiger partial charge in [0.1, 0.15) is 6.20 Å². The predicted octanol–water partition coefficient (Wildman–Crippen LogP) is 1.20. The molecule has 0 unspecified atom stereocenters. The molecule has 2 heteroatoms. The summed E-state index contributed by atoms with van der Waals surface area (Å²) in [5, 5.41) is 0. The van der Waals surface area contributed by atoms with Gasteiger partial charge >= 0.3 is 0 Å². The maximum atomic E-state index is 4.11. The van der Waals surface area contributed by atoms with Gasteiger partial charge in [-0.1, -0.05) is 25.8 Å². The fourth-order valence-electron chi connectivity index (χ4n) is 0.892. The van der Waals surface area contributed by atoms with Crippen LogP contribution in [0.2, 0.25) is 0 Å². The van der Waals surface area contributed by atoms with E-state index in [4.69, 9.17) is 0 Å². The van der Waals surface area contributed by atoms with Gasteiger partial charge in [-0.15, -0.1) is 0 Å². The van der Waals surface area contributed by atoms with E-state index in [9.17, 15) is 0 Å². The molecule has 0 bridgehead atoms. The molecule has 0 aliphatic heterocycles. The minimum absolute atomic E-state index is 0.200. The highest BCUT2D eigenvalue weighted by atomic mass is 15.0. The van der Waals surface area contributed by atoms with Crippen LogP contribution in [0.1, 0.15) is 26.3 Å². The molecule has 0 saturated carbocycles. The minimum atomic E-state index is 0.200. The van der Waals surface area contributed by atoms with Crippen LogP contribution < -0.4 is 4.57 Å². The Balaban J connectivity index is 3.06. The van der Waals surface area contributed by atoms with E-state index >= 15 is 0 Å². The standard InChI is InChI=1S/C9H15N2/c1-9(2,3)8-5-10-7-11(4)6-8/h5-7H,1-4H3/q+1. The summed E-state index contributed by atoms with van der Waals surface area (Å²) < 4.78 is 1.97. The smallest absolute Gasteiger partial charge is 0.240 e. The third-order valence-corrected chi connectivity index (χ3v) is 1.67. The molecule has 0 saturated heterocycles. The zero-order chi connectivity index (χ0) is 8.48. The average Bonchev–Trinajstić information content (AvgIpc) is 1.86. The number of aromatic nitrogens is 2. The molecule has 11 heavy (non-hydrogen) atoms. The highest BCUT2D eigenvalue weighted by Gasteiger charge is 2.16. The third-order valence-electron chi connectivity index (χ3n) is 1.67. The Bertz CT molecular complexity index is 248. The van der Waals surface area contributed by atoms with E-state index < -0.39 is 0 Å². The van der Waals surface area contributed by atoms with Crippen LogP contribution in [-0.4, -0.2) is 4.98 Å². The summed E-state index contributed by atoms with van der Waals surface area (Å²) in [6.07, 6.45) is 5.82. The van der Waals surface area contributed by atoms with Gasteiger partial charge in [-0.2, -0.15) is 0 Å². The van der Waals surface area contributed by atoms with Crippen LogP contribution in [0.5, 0.6) is 0 Å². The summed E-state index contributed by atoms with van der Waals surface area (Å²) in [6.45, 7) is 6.55. The van der Waals surface area contributed by atoms with Crippen molar-refractivity contribution in [3.63, 3.8) is 0 Å². The normalized spacial score (nSPS) is 11.6. The van der Waals surface area contributed by atoms with Crippen LogP contribution in [0.15, 0.2) is 18.7 Å². The summed E-state index contributed by atoms with van der Waals surface area (Å²) in [5.41, 5.74) is 1.47. The van der Waals surface area contributed by atoms with E-state index in [1.54, 1.807) is 6.33 Å². The zero-order valence-corrected chi connectivity index (χ0v) is 7.63. The molecule has 0 N–H and O–H groups in total. The fourth-order valence-corrected chi connectivity index (χ4v) is 0.892. The first kappa shape index (κ1) is 8.18. The quantitative estimate of drug-likeness (QED) is 0.509. The molecule has 0 fully saturated rings. The Hall–Kier alpha value is -0.920. The van der Waals surface area contributed by atoms with Gasteiger partial charge in [0.05, 0.1) is 13.2 Å². The van der Waals surface area contributed by atoms with Crippen molar-refractivity contribution in [2.24, 2.45) is 7.05 Å². The highest BCUT2D eigenvalue weighted by molar-refractivity contribution is 5.11. The molecule has 0 spiro atoms. The van der Waals surface area contributed by atoms with Crippen LogP contribution >= 0.6 is 0 Å². The van der Waals surface area contributed by atoms with E-state index in [0.717, 1.165) is 0 Å². The van der Waals surface area contributed by atoms with Gasteiger partial charge in [0.15, 0.2) is 0 Å². The molecule has 1 heterocycles. The molecule has 0 aliphatic carbocycles. The molecule has 0 radical (unpaired) electrons. The van der Waals surface area contributed by atoms with Gasteiger partial charge < -0.3 is 0 Å². The van der Waals surface area contributed by atoms with E-state index in [1.807, 2.05) is 17.8 Å². The Labute approximate surface area is 67.9 Å². The molecule has 60 valence electrons. The van der Waals surface area contributed by atoms with Crippen LogP contribution in [0.25, 0.3) is 0 Å². The Kier molecular flexibility index (Phi) is 1.94. The van der Waals surface area contributed by atoms with Gasteiger partial charge in [0.2, 0.25) is 0 Å². The molecular weight excluding hydrogens is 136 g/mol. The largest absolute Gasteiger partial charge is 0.285 e. The van der Waals surface area contributed by atoms with Crippen LogP contribution in [0.4, 0.5) is 0 Å². The van der Waals surface area contributed by atoms with Crippen LogP contribution in [-0.2, 0) is 12.5 Å². The lowest BCUT2D eigenvalue weighted by Gasteiger charge is -2.15. The van der Waals surface area contributed by atoms with Crippen molar-refractivity contribution in [3.05, 3.63) is 24.3 Å². The monoisotopic (exact) mass is 151 g/mol. The van der Waals surface area contributed by atoms with E-state index in [2.05, 4.69) is 32.0 Å². The first-order valence-corrected chi connectivity index (χ1v) is 3.81. The van der Waals surface area contributed by atoms with Crippen molar-refractivity contribution in [1.82, 2.24) is 4.98 Å². The summed E-state index contributed by atoms with van der Waals surface area (Å²) in [5.74, 6) is 0. The van der Waals surface area contributed by atoms with E-state index in [1.165, 1.54) is 5.56 Å². The predicted molar refractivity (Wildman–Crippen MR) is 44.1 cm³/mol. The fraction of sp³-hybridized carbons (Fsp3) is 0.556. The Morgan fingerprint density at radius 1 is 1.36 bits per heavy atom. The second-order valence-corrected chi connectivity index (χ2v) is 3.89. The first-order chi connectivity index (χ1) is 5.00. The second kappa shape index (κ2) is 2.61. The van der Waals surface area contributed by atoms with Gasteiger partial charge in [0, 0.05) is 5.56 Å². The van der Waals surface area contributed by atoms with Gasteiger partial charge in [0.25, 0.3) is 6.33 Å². The molecule has 2 nitrogen and oxygen atoms in total. The maximum absolute atomic E-state index is 4.11. The molecule has 0 aliphatic rings. The SMILES string of the molecule is C[n+]1cncc(C(C)(C)C)c1. The van der Waals surface area contributed by atoms with Crippen molar-refractivity contribution >= 4 is 0 Å². The van der Waals surface area contributed by atoms with E-state index in [0.29, 0.717) is 0 Å². The molecule has 0 amide bonds. The zero-order valence-electron chi connectivity index (χ0n) is 7.63. The third kappa shape index (κ3) is 2.00.